The second-order valence-corrected chi connectivity index (χ2v) is 8.99. The Morgan fingerprint density at radius 3 is 2.34 bits per heavy atom. The fraction of sp³-hybridized carbons (Fsp3) is 0.350. The van der Waals surface area contributed by atoms with E-state index in [1.807, 2.05) is 20.8 Å². The molecule has 0 unspecified atom stereocenters. The van der Waals surface area contributed by atoms with Gasteiger partial charge in [-0.25, -0.2) is 8.42 Å². The fourth-order valence-corrected chi connectivity index (χ4v) is 4.14. The van der Waals surface area contributed by atoms with E-state index in [2.05, 4.69) is 14.9 Å². The summed E-state index contributed by atoms with van der Waals surface area (Å²) in [5, 5.41) is 3.42. The van der Waals surface area contributed by atoms with Crippen molar-refractivity contribution in [2.45, 2.75) is 25.7 Å². The van der Waals surface area contributed by atoms with Crippen molar-refractivity contribution in [3.05, 3.63) is 57.6 Å². The van der Waals surface area contributed by atoms with Crippen molar-refractivity contribution in [2.24, 2.45) is 0 Å². The number of hydrogen-bond donors (Lipinski definition) is 2. The quantitative estimate of drug-likeness (QED) is 0.591. The average Bonchev–Trinajstić information content (AvgIpc) is 2.68. The Morgan fingerprint density at radius 2 is 1.72 bits per heavy atom. The topological polar surface area (TPSA) is 78.5 Å². The van der Waals surface area contributed by atoms with E-state index in [-0.39, 0.29) is 15.5 Å². The highest BCUT2D eigenvalue weighted by Gasteiger charge is 2.19. The number of sulfonamides is 1. The predicted molar refractivity (Wildman–Crippen MR) is 119 cm³/mol. The molecule has 0 aliphatic carbocycles. The van der Waals surface area contributed by atoms with E-state index >= 15 is 0 Å². The molecule has 0 saturated carbocycles. The van der Waals surface area contributed by atoms with Gasteiger partial charge < -0.3 is 10.2 Å². The van der Waals surface area contributed by atoms with E-state index < -0.39 is 15.9 Å². The first-order valence-electron chi connectivity index (χ1n) is 9.27. The maximum absolute atomic E-state index is 12.7. The van der Waals surface area contributed by atoms with Crippen LogP contribution in [0.2, 0.25) is 10.0 Å². The van der Waals surface area contributed by atoms with Gasteiger partial charge in [-0.05, 0) is 55.9 Å². The van der Waals surface area contributed by atoms with Crippen molar-refractivity contribution < 1.29 is 13.2 Å². The Morgan fingerprint density at radius 1 is 1.03 bits per heavy atom. The second kappa shape index (κ2) is 10.3. The molecule has 2 aromatic carbocycles. The van der Waals surface area contributed by atoms with Crippen LogP contribution in [0.25, 0.3) is 0 Å². The molecule has 158 valence electrons. The number of halogens is 2. The molecule has 0 spiro atoms. The van der Waals surface area contributed by atoms with Crippen LogP contribution < -0.4 is 10.0 Å². The number of rotatable bonds is 9. The molecule has 2 aromatic rings. The zero-order chi connectivity index (χ0) is 21.6. The number of hydrogen-bond acceptors (Lipinski definition) is 4. The number of nitrogens with one attached hydrogen (secondary N) is 2. The molecule has 2 rings (SSSR count). The van der Waals surface area contributed by atoms with Gasteiger partial charge in [0.15, 0.2) is 0 Å². The highest BCUT2D eigenvalue weighted by Crippen LogP contribution is 2.25. The lowest BCUT2D eigenvalue weighted by Crippen LogP contribution is -2.35. The molecule has 0 saturated heterocycles. The summed E-state index contributed by atoms with van der Waals surface area (Å²) >= 11 is 12.2. The minimum atomic E-state index is -3.91. The number of nitrogens with zero attached hydrogens (tertiary/aromatic N) is 1. The highest BCUT2D eigenvalue weighted by atomic mass is 35.5. The molecule has 29 heavy (non-hydrogen) atoms. The van der Waals surface area contributed by atoms with Gasteiger partial charge in [0, 0.05) is 18.1 Å². The summed E-state index contributed by atoms with van der Waals surface area (Å²) in [6, 6.07) is 8.90. The van der Waals surface area contributed by atoms with E-state index in [4.69, 9.17) is 23.2 Å². The van der Waals surface area contributed by atoms with Gasteiger partial charge in [-0.3, -0.25) is 9.52 Å². The van der Waals surface area contributed by atoms with Gasteiger partial charge in [0.1, 0.15) is 0 Å². The summed E-state index contributed by atoms with van der Waals surface area (Å²) < 4.78 is 27.9. The van der Waals surface area contributed by atoms with Crippen molar-refractivity contribution in [3.63, 3.8) is 0 Å². The third-order valence-electron chi connectivity index (χ3n) is 4.52. The molecule has 0 radical (unpaired) electrons. The second-order valence-electron chi connectivity index (χ2n) is 6.49. The summed E-state index contributed by atoms with van der Waals surface area (Å²) in [5.74, 6) is -0.419. The zero-order valence-electron chi connectivity index (χ0n) is 16.6. The number of benzene rings is 2. The van der Waals surface area contributed by atoms with Crippen molar-refractivity contribution in [1.29, 1.82) is 0 Å². The fourth-order valence-electron chi connectivity index (χ4n) is 2.68. The summed E-state index contributed by atoms with van der Waals surface area (Å²) in [4.78, 5) is 14.6. The van der Waals surface area contributed by atoms with Crippen LogP contribution in [0.4, 0.5) is 5.69 Å². The van der Waals surface area contributed by atoms with Gasteiger partial charge in [0.25, 0.3) is 15.9 Å². The van der Waals surface area contributed by atoms with Crippen LogP contribution in [0.15, 0.2) is 41.3 Å². The summed E-state index contributed by atoms with van der Waals surface area (Å²) in [6.45, 7) is 8.82. The third-order valence-corrected chi connectivity index (χ3v) is 6.64. The van der Waals surface area contributed by atoms with Gasteiger partial charge >= 0.3 is 0 Å². The van der Waals surface area contributed by atoms with E-state index in [0.717, 1.165) is 18.7 Å². The third kappa shape index (κ3) is 6.34. The van der Waals surface area contributed by atoms with Crippen molar-refractivity contribution >= 4 is 44.8 Å². The van der Waals surface area contributed by atoms with E-state index in [1.54, 1.807) is 12.1 Å². The summed E-state index contributed by atoms with van der Waals surface area (Å²) in [6.07, 6.45) is 0. The van der Waals surface area contributed by atoms with E-state index in [0.29, 0.717) is 23.8 Å². The van der Waals surface area contributed by atoms with Crippen LogP contribution in [0, 0.1) is 6.92 Å². The Kier molecular flexibility index (Phi) is 8.34. The number of anilines is 1. The molecule has 2 N–H and O–H groups in total. The Hall–Kier alpha value is -1.80. The zero-order valence-corrected chi connectivity index (χ0v) is 19.0. The van der Waals surface area contributed by atoms with Crippen LogP contribution in [-0.2, 0) is 10.0 Å². The number of carbonyl (C=O) groups excluding carboxylic acids is 1. The standard InChI is InChI=1S/C20H25Cl2N3O3S/c1-4-25(5-2)11-10-23-20(26)17-13-16(8-9-18(17)21)29(27,28)24-15-7-6-14(3)19(22)12-15/h6-9,12-13,24H,4-5,10-11H2,1-3H3,(H,23,26). The lowest BCUT2D eigenvalue weighted by atomic mass is 10.2. The Balaban J connectivity index is 2.17. The molecule has 0 heterocycles. The molecule has 1 amide bonds. The predicted octanol–water partition coefficient (Wildman–Crippen LogP) is 4.17. The van der Waals surface area contributed by atoms with E-state index in [9.17, 15) is 13.2 Å². The number of amides is 1. The lowest BCUT2D eigenvalue weighted by Gasteiger charge is -2.18. The maximum Gasteiger partial charge on any atom is 0.261 e. The normalized spacial score (nSPS) is 11.5. The van der Waals surface area contributed by atoms with Crippen LogP contribution in [-0.4, -0.2) is 45.4 Å². The lowest BCUT2D eigenvalue weighted by molar-refractivity contribution is 0.0949. The molecule has 0 aromatic heterocycles. The van der Waals surface area contributed by atoms with Gasteiger partial charge in [0.2, 0.25) is 0 Å². The van der Waals surface area contributed by atoms with E-state index in [1.165, 1.54) is 24.3 Å². The molecular weight excluding hydrogens is 433 g/mol. The summed E-state index contributed by atoms with van der Waals surface area (Å²) in [5.41, 5.74) is 1.28. The smallest absolute Gasteiger partial charge is 0.261 e. The van der Waals surface area contributed by atoms with Crippen molar-refractivity contribution in [3.8, 4) is 0 Å². The van der Waals surface area contributed by atoms with Gasteiger partial charge in [-0.15, -0.1) is 0 Å². The molecule has 0 aliphatic heterocycles. The molecule has 0 bridgehead atoms. The number of likely N-dealkylation sites (N-methyl/N-ethyl adjacent to an activating group) is 1. The molecule has 0 fully saturated rings. The van der Waals surface area contributed by atoms with Crippen LogP contribution in [0.5, 0.6) is 0 Å². The van der Waals surface area contributed by atoms with Crippen molar-refractivity contribution in [1.82, 2.24) is 10.2 Å². The summed E-state index contributed by atoms with van der Waals surface area (Å²) in [7, 11) is -3.91. The molecule has 0 aliphatic rings. The van der Waals surface area contributed by atoms with Gasteiger partial charge in [-0.1, -0.05) is 43.1 Å². The molecular formula is C20H25Cl2N3O3S. The molecule has 6 nitrogen and oxygen atoms in total. The van der Waals surface area contributed by atoms with Crippen LogP contribution in [0.3, 0.4) is 0 Å². The number of aryl methyl sites for hydroxylation is 1. The maximum atomic E-state index is 12.7. The number of carbonyl (C=O) groups is 1. The Labute approximate surface area is 182 Å². The highest BCUT2D eigenvalue weighted by molar-refractivity contribution is 7.92. The largest absolute Gasteiger partial charge is 0.351 e. The first-order valence-corrected chi connectivity index (χ1v) is 11.5. The Bertz CT molecular complexity index is 977. The first-order chi connectivity index (χ1) is 13.7. The minimum Gasteiger partial charge on any atom is -0.351 e. The first kappa shape index (κ1) is 23.5. The van der Waals surface area contributed by atoms with Crippen LogP contribution >= 0.6 is 23.2 Å². The van der Waals surface area contributed by atoms with Gasteiger partial charge in [-0.2, -0.15) is 0 Å². The van der Waals surface area contributed by atoms with Crippen LogP contribution in [0.1, 0.15) is 29.8 Å². The average molecular weight is 458 g/mol. The minimum absolute atomic E-state index is 0.0625. The van der Waals surface area contributed by atoms with Gasteiger partial charge in [0.05, 0.1) is 21.2 Å². The molecule has 9 heteroatoms. The van der Waals surface area contributed by atoms with Crippen molar-refractivity contribution in [2.75, 3.05) is 30.9 Å². The SMILES string of the molecule is CCN(CC)CCNC(=O)c1cc(S(=O)(=O)Nc2ccc(C)c(Cl)c2)ccc1Cl. The monoisotopic (exact) mass is 457 g/mol. The molecule has 0 atom stereocenters.